The van der Waals surface area contributed by atoms with Crippen molar-refractivity contribution in [2.75, 3.05) is 6.54 Å². The fraction of sp³-hybridized carbons (Fsp3) is 0.625. The standard InChI is InChI=1S/C16H27N/c1-13(2)7-5-6-12-17-15(4)16-10-8-14(3)9-11-16/h8-11,13,15,17H,5-7,12H2,1-4H3. The Labute approximate surface area is 107 Å². The van der Waals surface area contributed by atoms with E-state index in [4.69, 9.17) is 0 Å². The molecule has 1 unspecified atom stereocenters. The van der Waals surface area contributed by atoms with E-state index in [1.165, 1.54) is 30.4 Å². The highest BCUT2D eigenvalue weighted by molar-refractivity contribution is 5.23. The number of unbranched alkanes of at least 4 members (excludes halogenated alkanes) is 1. The summed E-state index contributed by atoms with van der Waals surface area (Å²) in [7, 11) is 0. The SMILES string of the molecule is Cc1ccc(C(C)NCCCCC(C)C)cc1. The van der Waals surface area contributed by atoms with Crippen LogP contribution in [-0.4, -0.2) is 6.54 Å². The van der Waals surface area contributed by atoms with Gasteiger partial charge in [-0.3, -0.25) is 0 Å². The van der Waals surface area contributed by atoms with Gasteiger partial charge < -0.3 is 5.32 Å². The molecule has 1 aromatic carbocycles. The lowest BCUT2D eigenvalue weighted by Crippen LogP contribution is -2.19. The average molecular weight is 233 g/mol. The first-order valence-corrected chi connectivity index (χ1v) is 6.89. The number of aryl methyl sites for hydroxylation is 1. The van der Waals surface area contributed by atoms with Gasteiger partial charge in [0.25, 0.3) is 0 Å². The molecular weight excluding hydrogens is 206 g/mol. The smallest absolute Gasteiger partial charge is 0.0291 e. The van der Waals surface area contributed by atoms with Crippen LogP contribution in [0.5, 0.6) is 0 Å². The second kappa shape index (κ2) is 7.50. The Morgan fingerprint density at radius 1 is 1.00 bits per heavy atom. The molecule has 0 amide bonds. The maximum Gasteiger partial charge on any atom is 0.0291 e. The van der Waals surface area contributed by atoms with Gasteiger partial charge >= 0.3 is 0 Å². The molecule has 0 heterocycles. The minimum absolute atomic E-state index is 0.467. The monoisotopic (exact) mass is 233 g/mol. The Morgan fingerprint density at radius 2 is 1.65 bits per heavy atom. The molecular formula is C16H27N. The van der Waals surface area contributed by atoms with Crippen LogP contribution in [0.1, 0.15) is 57.2 Å². The van der Waals surface area contributed by atoms with Crippen LogP contribution in [0.3, 0.4) is 0 Å². The van der Waals surface area contributed by atoms with Crippen LogP contribution in [0.4, 0.5) is 0 Å². The summed E-state index contributed by atoms with van der Waals surface area (Å²) in [5.74, 6) is 0.838. The number of hydrogen-bond donors (Lipinski definition) is 1. The van der Waals surface area contributed by atoms with Gasteiger partial charge in [0.2, 0.25) is 0 Å². The van der Waals surface area contributed by atoms with E-state index < -0.39 is 0 Å². The molecule has 0 radical (unpaired) electrons. The normalized spacial score (nSPS) is 13.0. The molecule has 0 spiro atoms. The van der Waals surface area contributed by atoms with Gasteiger partial charge in [-0.2, -0.15) is 0 Å². The maximum atomic E-state index is 3.59. The fourth-order valence-electron chi connectivity index (χ4n) is 1.97. The second-order valence-electron chi connectivity index (χ2n) is 5.48. The first kappa shape index (κ1) is 14.2. The molecule has 0 aliphatic heterocycles. The zero-order valence-electron chi connectivity index (χ0n) is 11.8. The molecule has 1 N–H and O–H groups in total. The number of benzene rings is 1. The van der Waals surface area contributed by atoms with Gasteiger partial charge in [-0.05, 0) is 38.3 Å². The van der Waals surface area contributed by atoms with E-state index in [9.17, 15) is 0 Å². The molecule has 17 heavy (non-hydrogen) atoms. The molecule has 0 fully saturated rings. The van der Waals surface area contributed by atoms with Crippen LogP contribution >= 0.6 is 0 Å². The van der Waals surface area contributed by atoms with Gasteiger partial charge in [0.15, 0.2) is 0 Å². The summed E-state index contributed by atoms with van der Waals surface area (Å²) in [5.41, 5.74) is 2.72. The fourth-order valence-corrected chi connectivity index (χ4v) is 1.97. The molecule has 0 aromatic heterocycles. The Bertz CT molecular complexity index is 300. The third-order valence-corrected chi connectivity index (χ3v) is 3.24. The van der Waals surface area contributed by atoms with Crippen molar-refractivity contribution in [3.8, 4) is 0 Å². The van der Waals surface area contributed by atoms with Gasteiger partial charge in [0.1, 0.15) is 0 Å². The summed E-state index contributed by atoms with van der Waals surface area (Å²) in [6.07, 6.45) is 3.97. The predicted molar refractivity (Wildman–Crippen MR) is 76.3 cm³/mol. The third kappa shape index (κ3) is 5.88. The van der Waals surface area contributed by atoms with Gasteiger partial charge in [-0.15, -0.1) is 0 Å². The summed E-state index contributed by atoms with van der Waals surface area (Å²) in [6.45, 7) is 10.1. The minimum Gasteiger partial charge on any atom is -0.310 e. The quantitative estimate of drug-likeness (QED) is 0.685. The van der Waals surface area contributed by atoms with Crippen LogP contribution in [-0.2, 0) is 0 Å². The van der Waals surface area contributed by atoms with Gasteiger partial charge in [-0.1, -0.05) is 56.5 Å². The summed E-state index contributed by atoms with van der Waals surface area (Å²) in [6, 6.07) is 9.29. The van der Waals surface area contributed by atoms with Crippen molar-refractivity contribution in [3.63, 3.8) is 0 Å². The van der Waals surface area contributed by atoms with Crippen molar-refractivity contribution in [2.24, 2.45) is 5.92 Å². The molecule has 96 valence electrons. The van der Waals surface area contributed by atoms with Crippen LogP contribution in [0.15, 0.2) is 24.3 Å². The lowest BCUT2D eigenvalue weighted by molar-refractivity contribution is 0.498. The second-order valence-corrected chi connectivity index (χ2v) is 5.48. The first-order chi connectivity index (χ1) is 8.09. The number of rotatable bonds is 7. The summed E-state index contributed by atoms with van der Waals surface area (Å²) in [5, 5.41) is 3.59. The Morgan fingerprint density at radius 3 is 2.24 bits per heavy atom. The highest BCUT2D eigenvalue weighted by atomic mass is 14.9. The average Bonchev–Trinajstić information content (AvgIpc) is 2.29. The maximum absolute atomic E-state index is 3.59. The summed E-state index contributed by atoms with van der Waals surface area (Å²) < 4.78 is 0. The van der Waals surface area contributed by atoms with Crippen molar-refractivity contribution in [1.82, 2.24) is 5.32 Å². The van der Waals surface area contributed by atoms with Crippen molar-refractivity contribution >= 4 is 0 Å². The lowest BCUT2D eigenvalue weighted by atomic mass is 10.1. The van der Waals surface area contributed by atoms with E-state index in [0.29, 0.717) is 6.04 Å². The van der Waals surface area contributed by atoms with Crippen molar-refractivity contribution in [1.29, 1.82) is 0 Å². The molecule has 0 aliphatic rings. The molecule has 1 aromatic rings. The Hall–Kier alpha value is -0.820. The van der Waals surface area contributed by atoms with Crippen molar-refractivity contribution in [3.05, 3.63) is 35.4 Å². The third-order valence-electron chi connectivity index (χ3n) is 3.24. The van der Waals surface area contributed by atoms with E-state index >= 15 is 0 Å². The van der Waals surface area contributed by atoms with E-state index in [2.05, 4.69) is 57.3 Å². The lowest BCUT2D eigenvalue weighted by Gasteiger charge is -2.14. The zero-order valence-corrected chi connectivity index (χ0v) is 11.8. The summed E-state index contributed by atoms with van der Waals surface area (Å²) in [4.78, 5) is 0. The highest BCUT2D eigenvalue weighted by Crippen LogP contribution is 2.13. The van der Waals surface area contributed by atoms with Crippen LogP contribution in [0.2, 0.25) is 0 Å². The van der Waals surface area contributed by atoms with Crippen molar-refractivity contribution in [2.45, 2.75) is 53.0 Å². The molecule has 1 nitrogen and oxygen atoms in total. The molecule has 1 heteroatoms. The minimum atomic E-state index is 0.467. The molecule has 0 aliphatic carbocycles. The van der Waals surface area contributed by atoms with E-state index in [-0.39, 0.29) is 0 Å². The predicted octanol–water partition coefficient (Wildman–Crippen LogP) is 4.47. The molecule has 1 atom stereocenters. The molecule has 0 saturated carbocycles. The van der Waals surface area contributed by atoms with Crippen molar-refractivity contribution < 1.29 is 0 Å². The Kier molecular flexibility index (Phi) is 6.28. The Balaban J connectivity index is 2.21. The molecule has 0 saturated heterocycles. The number of nitrogens with one attached hydrogen (secondary N) is 1. The van der Waals surface area contributed by atoms with E-state index in [1.54, 1.807) is 0 Å². The number of hydrogen-bond acceptors (Lipinski definition) is 1. The van der Waals surface area contributed by atoms with Crippen LogP contribution in [0, 0.1) is 12.8 Å². The first-order valence-electron chi connectivity index (χ1n) is 6.89. The van der Waals surface area contributed by atoms with Crippen LogP contribution in [0.25, 0.3) is 0 Å². The zero-order chi connectivity index (χ0) is 12.7. The van der Waals surface area contributed by atoms with Gasteiger partial charge in [0.05, 0.1) is 0 Å². The van der Waals surface area contributed by atoms with E-state index in [0.717, 1.165) is 12.5 Å². The largest absolute Gasteiger partial charge is 0.310 e. The topological polar surface area (TPSA) is 12.0 Å². The molecule has 1 rings (SSSR count). The van der Waals surface area contributed by atoms with Gasteiger partial charge in [0, 0.05) is 6.04 Å². The van der Waals surface area contributed by atoms with Gasteiger partial charge in [-0.25, -0.2) is 0 Å². The van der Waals surface area contributed by atoms with E-state index in [1.807, 2.05) is 0 Å². The highest BCUT2D eigenvalue weighted by Gasteiger charge is 2.03. The van der Waals surface area contributed by atoms with Crippen LogP contribution < -0.4 is 5.32 Å². The molecule has 0 bridgehead atoms. The summed E-state index contributed by atoms with van der Waals surface area (Å²) >= 11 is 0.